The van der Waals surface area contributed by atoms with E-state index in [1.165, 1.54) is 23.8 Å². The summed E-state index contributed by atoms with van der Waals surface area (Å²) in [5.74, 6) is 0. The third-order valence-corrected chi connectivity index (χ3v) is 6.23. The molecule has 0 aliphatic heterocycles. The highest BCUT2D eigenvalue weighted by Gasteiger charge is 2.25. The SMILES string of the molecule is COCCCn1c(CN(C)[C@@H]2CCCc3ccccc32)cnc1S(C)(=O)=O. The van der Waals surface area contributed by atoms with E-state index in [1.54, 1.807) is 13.3 Å². The van der Waals surface area contributed by atoms with E-state index in [0.717, 1.165) is 25.0 Å². The minimum atomic E-state index is -3.37. The van der Waals surface area contributed by atoms with Gasteiger partial charge in [-0.15, -0.1) is 0 Å². The number of hydrogen-bond donors (Lipinski definition) is 0. The quantitative estimate of drug-likeness (QED) is 0.648. The van der Waals surface area contributed by atoms with Crippen LogP contribution in [0.4, 0.5) is 0 Å². The summed E-state index contributed by atoms with van der Waals surface area (Å²) in [6.07, 6.45) is 7.09. The van der Waals surface area contributed by atoms with Crippen molar-refractivity contribution in [3.8, 4) is 0 Å². The van der Waals surface area contributed by atoms with Crippen LogP contribution in [0.25, 0.3) is 0 Å². The molecule has 0 saturated heterocycles. The molecule has 1 aromatic carbocycles. The van der Waals surface area contributed by atoms with E-state index in [1.807, 2.05) is 4.57 Å². The van der Waals surface area contributed by atoms with Gasteiger partial charge in [0.05, 0.1) is 11.9 Å². The number of aromatic nitrogens is 2. The molecule has 27 heavy (non-hydrogen) atoms. The topological polar surface area (TPSA) is 64.4 Å². The van der Waals surface area contributed by atoms with E-state index >= 15 is 0 Å². The molecule has 0 unspecified atom stereocenters. The van der Waals surface area contributed by atoms with Gasteiger partial charge in [-0.3, -0.25) is 4.90 Å². The van der Waals surface area contributed by atoms with Crippen molar-refractivity contribution < 1.29 is 13.2 Å². The van der Waals surface area contributed by atoms with Gasteiger partial charge in [-0.2, -0.15) is 0 Å². The molecular formula is C20H29N3O3S. The summed E-state index contributed by atoms with van der Waals surface area (Å²) in [5, 5.41) is 0.144. The summed E-state index contributed by atoms with van der Waals surface area (Å²) in [4.78, 5) is 6.53. The molecule has 1 aliphatic rings. The second-order valence-corrected chi connectivity index (χ2v) is 9.23. The lowest BCUT2D eigenvalue weighted by atomic mass is 9.87. The summed E-state index contributed by atoms with van der Waals surface area (Å²) >= 11 is 0. The van der Waals surface area contributed by atoms with Crippen molar-refractivity contribution in [2.75, 3.05) is 27.0 Å². The lowest BCUT2D eigenvalue weighted by Crippen LogP contribution is -2.28. The van der Waals surface area contributed by atoms with Crippen LogP contribution in [0.1, 0.15) is 42.1 Å². The monoisotopic (exact) mass is 391 g/mol. The Hall–Kier alpha value is -1.70. The molecule has 1 heterocycles. The Morgan fingerprint density at radius 2 is 2.11 bits per heavy atom. The van der Waals surface area contributed by atoms with Crippen molar-refractivity contribution in [1.82, 2.24) is 14.5 Å². The average molecular weight is 392 g/mol. The van der Waals surface area contributed by atoms with Crippen molar-refractivity contribution in [1.29, 1.82) is 0 Å². The first kappa shape index (κ1) is 20.0. The first-order chi connectivity index (χ1) is 12.9. The van der Waals surface area contributed by atoms with E-state index in [2.05, 4.69) is 41.2 Å². The predicted octanol–water partition coefficient (Wildman–Crippen LogP) is 2.83. The lowest BCUT2D eigenvalue weighted by molar-refractivity contribution is 0.186. The molecule has 0 radical (unpaired) electrons. The third kappa shape index (κ3) is 4.59. The zero-order chi connectivity index (χ0) is 19.4. The van der Waals surface area contributed by atoms with E-state index < -0.39 is 9.84 Å². The van der Waals surface area contributed by atoms with Gasteiger partial charge >= 0.3 is 0 Å². The molecule has 1 aromatic heterocycles. The molecule has 0 fully saturated rings. The van der Waals surface area contributed by atoms with E-state index in [-0.39, 0.29) is 5.16 Å². The van der Waals surface area contributed by atoms with Crippen LogP contribution in [0.2, 0.25) is 0 Å². The molecule has 148 valence electrons. The van der Waals surface area contributed by atoms with E-state index in [4.69, 9.17) is 4.74 Å². The summed E-state index contributed by atoms with van der Waals surface area (Å²) in [6.45, 7) is 1.84. The van der Waals surface area contributed by atoms with Gasteiger partial charge in [0.2, 0.25) is 15.0 Å². The van der Waals surface area contributed by atoms with Crippen molar-refractivity contribution >= 4 is 9.84 Å². The van der Waals surface area contributed by atoms with Crippen LogP contribution in [-0.4, -0.2) is 49.9 Å². The molecule has 7 heteroatoms. The normalized spacial score (nSPS) is 17.3. The second kappa shape index (κ2) is 8.54. The fourth-order valence-electron chi connectivity index (χ4n) is 3.97. The highest BCUT2D eigenvalue weighted by molar-refractivity contribution is 7.90. The number of nitrogens with zero attached hydrogens (tertiary/aromatic N) is 3. The van der Waals surface area contributed by atoms with E-state index in [0.29, 0.717) is 25.7 Å². The van der Waals surface area contributed by atoms with Gasteiger partial charge < -0.3 is 9.30 Å². The minimum Gasteiger partial charge on any atom is -0.385 e. The predicted molar refractivity (Wildman–Crippen MR) is 105 cm³/mol. The molecule has 6 nitrogen and oxygen atoms in total. The zero-order valence-electron chi connectivity index (χ0n) is 16.4. The molecule has 0 bridgehead atoms. The van der Waals surface area contributed by atoms with Gasteiger partial charge in [0.25, 0.3) is 0 Å². The number of hydrogen-bond acceptors (Lipinski definition) is 5. The maximum Gasteiger partial charge on any atom is 0.227 e. The summed E-state index contributed by atoms with van der Waals surface area (Å²) in [7, 11) is 0.397. The van der Waals surface area contributed by atoms with Crippen molar-refractivity contribution in [3.63, 3.8) is 0 Å². The number of methoxy groups -OCH3 is 1. The van der Waals surface area contributed by atoms with Gasteiger partial charge in [0.15, 0.2) is 0 Å². The van der Waals surface area contributed by atoms with Crippen LogP contribution in [-0.2, 0) is 34.1 Å². The second-order valence-electron chi connectivity index (χ2n) is 7.32. The molecule has 1 aliphatic carbocycles. The first-order valence-electron chi connectivity index (χ1n) is 9.43. The molecule has 3 rings (SSSR count). The van der Waals surface area contributed by atoms with Gasteiger partial charge in [-0.25, -0.2) is 13.4 Å². The van der Waals surface area contributed by atoms with Crippen LogP contribution >= 0.6 is 0 Å². The van der Waals surface area contributed by atoms with Crippen LogP contribution in [0.5, 0.6) is 0 Å². The van der Waals surface area contributed by atoms with Crippen LogP contribution in [0, 0.1) is 0 Å². The maximum atomic E-state index is 12.1. The lowest BCUT2D eigenvalue weighted by Gasteiger charge is -2.33. The minimum absolute atomic E-state index is 0.144. The number of aryl methyl sites for hydroxylation is 1. The number of sulfone groups is 1. The van der Waals surface area contributed by atoms with Crippen molar-refractivity contribution in [2.24, 2.45) is 0 Å². The number of ether oxygens (including phenoxy) is 1. The fourth-order valence-corrected chi connectivity index (χ4v) is 4.83. The number of rotatable bonds is 8. The number of benzene rings is 1. The number of imidazole rings is 1. The maximum absolute atomic E-state index is 12.1. The van der Waals surface area contributed by atoms with E-state index in [9.17, 15) is 8.42 Å². The molecule has 0 N–H and O–H groups in total. The Morgan fingerprint density at radius 3 is 2.85 bits per heavy atom. The van der Waals surface area contributed by atoms with Crippen LogP contribution < -0.4 is 0 Å². The summed E-state index contributed by atoms with van der Waals surface area (Å²) < 4.78 is 31.2. The first-order valence-corrected chi connectivity index (χ1v) is 11.3. The molecule has 0 amide bonds. The average Bonchev–Trinajstić information content (AvgIpc) is 3.04. The Balaban J connectivity index is 1.84. The largest absolute Gasteiger partial charge is 0.385 e. The van der Waals surface area contributed by atoms with Gasteiger partial charge in [0, 0.05) is 39.1 Å². The standard InChI is InChI=1S/C20H29N3O3S/c1-22(19-11-6-9-16-8-4-5-10-18(16)19)15-17-14-21-20(27(3,24)25)23(17)12-7-13-26-2/h4-5,8,10,14,19H,6-7,9,11-13,15H2,1-3H3/t19-/m1/s1. The Labute approximate surface area is 162 Å². The smallest absolute Gasteiger partial charge is 0.227 e. The molecule has 1 atom stereocenters. The molecule has 0 saturated carbocycles. The molecule has 2 aromatic rings. The molecular weight excluding hydrogens is 362 g/mol. The van der Waals surface area contributed by atoms with Crippen LogP contribution in [0.15, 0.2) is 35.6 Å². The zero-order valence-corrected chi connectivity index (χ0v) is 17.2. The Morgan fingerprint density at radius 1 is 1.33 bits per heavy atom. The van der Waals surface area contributed by atoms with Gasteiger partial charge in [0.1, 0.15) is 0 Å². The third-order valence-electron chi connectivity index (χ3n) is 5.24. The van der Waals surface area contributed by atoms with Crippen molar-refractivity contribution in [3.05, 3.63) is 47.3 Å². The van der Waals surface area contributed by atoms with Crippen LogP contribution in [0.3, 0.4) is 0 Å². The summed E-state index contributed by atoms with van der Waals surface area (Å²) in [6, 6.07) is 8.98. The van der Waals surface area contributed by atoms with Gasteiger partial charge in [-0.1, -0.05) is 24.3 Å². The number of fused-ring (bicyclic) bond motifs is 1. The fraction of sp³-hybridized carbons (Fsp3) is 0.550. The molecule has 0 spiro atoms. The highest BCUT2D eigenvalue weighted by Crippen LogP contribution is 2.34. The van der Waals surface area contributed by atoms with Crippen molar-refractivity contribution in [2.45, 2.75) is 50.0 Å². The summed E-state index contributed by atoms with van der Waals surface area (Å²) in [5.41, 5.74) is 3.74. The highest BCUT2D eigenvalue weighted by atomic mass is 32.2. The van der Waals surface area contributed by atoms with Gasteiger partial charge in [-0.05, 0) is 43.9 Å². The Bertz CT molecular complexity index is 876. The Kier molecular flexibility index (Phi) is 6.34.